The van der Waals surface area contributed by atoms with Gasteiger partial charge in [0.05, 0.1) is 18.4 Å². The normalized spacial score (nSPS) is 9.79. The van der Waals surface area contributed by atoms with Crippen molar-refractivity contribution in [1.29, 1.82) is 0 Å². The van der Waals surface area contributed by atoms with E-state index in [1.165, 1.54) is 13.2 Å². The second kappa shape index (κ2) is 7.25. The van der Waals surface area contributed by atoms with Crippen LogP contribution in [0.5, 0.6) is 5.75 Å². The number of methoxy groups -OCH3 is 1. The van der Waals surface area contributed by atoms with Gasteiger partial charge in [-0.05, 0) is 18.6 Å². The number of carbonyl (C=O) groups excluding carboxylic acids is 2. The smallest absolute Gasteiger partial charge is 0.340 e. The Kier molecular flexibility index (Phi) is 5.66. The second-order valence-electron chi connectivity index (χ2n) is 3.85. The van der Waals surface area contributed by atoms with Gasteiger partial charge in [-0.2, -0.15) is 0 Å². The van der Waals surface area contributed by atoms with Gasteiger partial charge in [0.25, 0.3) is 5.91 Å². The number of para-hydroxylation sites is 1. The zero-order chi connectivity index (χ0) is 14.3. The maximum Gasteiger partial charge on any atom is 0.340 e. The zero-order valence-electron chi connectivity index (χ0n) is 11.1. The minimum atomic E-state index is -0.650. The molecule has 6 heteroatoms. The van der Waals surface area contributed by atoms with Crippen LogP contribution in [0.1, 0.15) is 23.7 Å². The molecule has 1 aromatic carbocycles. The lowest BCUT2D eigenvalue weighted by molar-refractivity contribution is -0.124. The van der Waals surface area contributed by atoms with Crippen LogP contribution in [0, 0.1) is 0 Å². The molecule has 0 aromatic heterocycles. The molecule has 0 bridgehead atoms. The molecular weight excluding hydrogens is 248 g/mol. The molecule has 6 nitrogen and oxygen atoms in total. The minimum absolute atomic E-state index is 0.183. The Labute approximate surface area is 111 Å². The first-order chi connectivity index (χ1) is 9.10. The van der Waals surface area contributed by atoms with Crippen LogP contribution >= 0.6 is 0 Å². The third kappa shape index (κ3) is 4.17. The van der Waals surface area contributed by atoms with E-state index in [1.54, 1.807) is 12.1 Å². The Balaban J connectivity index is 2.61. The van der Waals surface area contributed by atoms with Crippen molar-refractivity contribution in [3.8, 4) is 5.75 Å². The van der Waals surface area contributed by atoms with Crippen LogP contribution in [-0.4, -0.2) is 32.1 Å². The number of benzene rings is 1. The van der Waals surface area contributed by atoms with E-state index in [1.807, 2.05) is 6.92 Å². The average Bonchev–Trinajstić information content (AvgIpc) is 2.42. The van der Waals surface area contributed by atoms with E-state index in [4.69, 9.17) is 15.2 Å². The van der Waals surface area contributed by atoms with Gasteiger partial charge >= 0.3 is 5.97 Å². The molecular formula is C13H18N2O4. The highest BCUT2D eigenvalue weighted by atomic mass is 16.5. The van der Waals surface area contributed by atoms with Gasteiger partial charge in [-0.25, -0.2) is 4.79 Å². The molecule has 0 unspecified atom stereocenters. The molecule has 0 aliphatic rings. The molecule has 0 spiro atoms. The topological polar surface area (TPSA) is 90.6 Å². The van der Waals surface area contributed by atoms with E-state index in [-0.39, 0.29) is 23.8 Å². The van der Waals surface area contributed by atoms with Gasteiger partial charge in [0.15, 0.2) is 6.61 Å². The molecule has 1 amide bonds. The number of hydrogen-bond acceptors (Lipinski definition) is 5. The van der Waals surface area contributed by atoms with Crippen LogP contribution in [0.25, 0.3) is 0 Å². The fraction of sp³-hybridized carbons (Fsp3) is 0.385. The van der Waals surface area contributed by atoms with E-state index in [0.29, 0.717) is 12.3 Å². The Bertz CT molecular complexity index is 460. The summed E-state index contributed by atoms with van der Waals surface area (Å²) >= 11 is 0. The number of nitrogens with two attached hydrogens (primary N) is 1. The van der Waals surface area contributed by atoms with Crippen LogP contribution in [0.2, 0.25) is 0 Å². The summed E-state index contributed by atoms with van der Waals surface area (Å²) in [5, 5.41) is 2.60. The van der Waals surface area contributed by atoms with Gasteiger partial charge in [-0.1, -0.05) is 13.0 Å². The minimum Gasteiger partial charge on any atom is -0.495 e. The third-order valence-electron chi connectivity index (χ3n) is 2.41. The summed E-state index contributed by atoms with van der Waals surface area (Å²) in [5.74, 6) is -0.593. The average molecular weight is 266 g/mol. The Morgan fingerprint density at radius 1 is 1.37 bits per heavy atom. The van der Waals surface area contributed by atoms with Crippen molar-refractivity contribution >= 4 is 17.6 Å². The summed E-state index contributed by atoms with van der Waals surface area (Å²) in [6.45, 7) is 2.16. The number of amides is 1. The van der Waals surface area contributed by atoms with Crippen LogP contribution in [0.4, 0.5) is 5.69 Å². The summed E-state index contributed by atoms with van der Waals surface area (Å²) in [6, 6.07) is 4.78. The highest BCUT2D eigenvalue weighted by molar-refractivity contribution is 5.97. The lowest BCUT2D eigenvalue weighted by atomic mass is 10.1. The van der Waals surface area contributed by atoms with E-state index >= 15 is 0 Å². The van der Waals surface area contributed by atoms with Crippen LogP contribution < -0.4 is 15.8 Å². The molecule has 3 N–H and O–H groups in total. The SMILES string of the molecule is CCCNC(=O)COC(=O)c1cccc(OC)c1N. The number of carbonyl (C=O) groups is 2. The number of anilines is 1. The molecule has 0 radical (unpaired) electrons. The Hall–Kier alpha value is -2.24. The van der Waals surface area contributed by atoms with Gasteiger partial charge in [0, 0.05) is 6.54 Å². The predicted octanol–water partition coefficient (Wildman–Crippen LogP) is 0.960. The highest BCUT2D eigenvalue weighted by Crippen LogP contribution is 2.25. The third-order valence-corrected chi connectivity index (χ3v) is 2.41. The first-order valence-electron chi connectivity index (χ1n) is 5.96. The molecule has 0 atom stereocenters. The zero-order valence-corrected chi connectivity index (χ0v) is 11.1. The van der Waals surface area contributed by atoms with E-state index in [9.17, 15) is 9.59 Å². The second-order valence-corrected chi connectivity index (χ2v) is 3.85. The number of hydrogen-bond donors (Lipinski definition) is 2. The summed E-state index contributed by atoms with van der Waals surface area (Å²) < 4.78 is 9.88. The van der Waals surface area contributed by atoms with Gasteiger partial charge < -0.3 is 20.5 Å². The number of ether oxygens (including phenoxy) is 2. The molecule has 0 saturated carbocycles. The molecule has 0 aliphatic carbocycles. The van der Waals surface area contributed by atoms with Crippen molar-refractivity contribution in [3.63, 3.8) is 0 Å². The van der Waals surface area contributed by atoms with Gasteiger partial charge in [0.1, 0.15) is 5.75 Å². The lowest BCUT2D eigenvalue weighted by Gasteiger charge is -2.09. The fourth-order valence-electron chi connectivity index (χ4n) is 1.42. The van der Waals surface area contributed by atoms with Crippen LogP contribution in [0.3, 0.4) is 0 Å². The summed E-state index contributed by atoms with van der Waals surface area (Å²) in [5.41, 5.74) is 6.14. The number of nitrogens with one attached hydrogen (secondary N) is 1. The highest BCUT2D eigenvalue weighted by Gasteiger charge is 2.15. The van der Waals surface area contributed by atoms with Crippen molar-refractivity contribution in [2.45, 2.75) is 13.3 Å². The molecule has 19 heavy (non-hydrogen) atoms. The number of rotatable bonds is 6. The molecule has 0 aliphatic heterocycles. The number of esters is 1. The van der Waals surface area contributed by atoms with Crippen LogP contribution in [-0.2, 0) is 9.53 Å². The Morgan fingerprint density at radius 2 is 2.11 bits per heavy atom. The Morgan fingerprint density at radius 3 is 2.74 bits per heavy atom. The van der Waals surface area contributed by atoms with E-state index in [0.717, 1.165) is 6.42 Å². The standard InChI is InChI=1S/C13H18N2O4/c1-3-7-15-11(16)8-19-13(17)9-5-4-6-10(18-2)12(9)14/h4-6H,3,7-8,14H2,1-2H3,(H,15,16). The molecule has 1 aromatic rings. The maximum atomic E-state index is 11.8. The lowest BCUT2D eigenvalue weighted by Crippen LogP contribution is -2.29. The monoisotopic (exact) mass is 266 g/mol. The fourth-order valence-corrected chi connectivity index (χ4v) is 1.42. The molecule has 0 saturated heterocycles. The summed E-state index contributed by atoms with van der Waals surface area (Å²) in [6.07, 6.45) is 0.822. The molecule has 0 fully saturated rings. The first-order valence-corrected chi connectivity index (χ1v) is 5.96. The van der Waals surface area contributed by atoms with Gasteiger partial charge in [-0.3, -0.25) is 4.79 Å². The van der Waals surface area contributed by atoms with Crippen molar-refractivity contribution in [1.82, 2.24) is 5.32 Å². The summed E-state index contributed by atoms with van der Waals surface area (Å²) in [4.78, 5) is 23.1. The van der Waals surface area contributed by atoms with E-state index in [2.05, 4.69) is 5.32 Å². The van der Waals surface area contributed by atoms with Crippen molar-refractivity contribution in [2.75, 3.05) is 26.0 Å². The number of nitrogen functional groups attached to an aromatic ring is 1. The predicted molar refractivity (Wildman–Crippen MR) is 71.0 cm³/mol. The van der Waals surface area contributed by atoms with Gasteiger partial charge in [-0.15, -0.1) is 0 Å². The first kappa shape index (κ1) is 14.8. The quantitative estimate of drug-likeness (QED) is 0.591. The summed E-state index contributed by atoms with van der Waals surface area (Å²) in [7, 11) is 1.46. The van der Waals surface area contributed by atoms with Crippen molar-refractivity contribution < 1.29 is 19.1 Å². The van der Waals surface area contributed by atoms with Gasteiger partial charge in [0.2, 0.25) is 0 Å². The molecule has 104 valence electrons. The van der Waals surface area contributed by atoms with Crippen molar-refractivity contribution in [2.24, 2.45) is 0 Å². The molecule has 0 heterocycles. The largest absolute Gasteiger partial charge is 0.495 e. The van der Waals surface area contributed by atoms with E-state index < -0.39 is 5.97 Å². The van der Waals surface area contributed by atoms with Crippen LogP contribution in [0.15, 0.2) is 18.2 Å². The maximum absolute atomic E-state index is 11.8. The molecule has 1 rings (SSSR count). The van der Waals surface area contributed by atoms with Crippen molar-refractivity contribution in [3.05, 3.63) is 23.8 Å².